The molecule has 1 nitrogen and oxygen atoms in total. The molecule has 0 N–H and O–H groups in total. The monoisotopic (exact) mass is 439 g/mol. The van der Waals surface area contributed by atoms with E-state index >= 15 is 0 Å². The van der Waals surface area contributed by atoms with E-state index in [4.69, 9.17) is 4.74 Å². The third-order valence-electron chi connectivity index (χ3n) is 3.11. The molecule has 0 aliphatic carbocycles. The molecule has 0 atom stereocenters. The van der Waals surface area contributed by atoms with Crippen molar-refractivity contribution in [2.24, 2.45) is 0 Å². The van der Waals surface area contributed by atoms with Crippen molar-refractivity contribution in [2.75, 3.05) is 11.0 Å². The number of halogens is 2. The first kappa shape index (κ1) is 17.3. The molecule has 1 rings (SSSR count). The van der Waals surface area contributed by atoms with E-state index in [0.29, 0.717) is 19.0 Å². The van der Waals surface area contributed by atoms with E-state index in [2.05, 4.69) is 12.7 Å². The Bertz CT molecular complexity index is 292. The zero-order valence-corrected chi connectivity index (χ0v) is 15.4. The van der Waals surface area contributed by atoms with Crippen LogP contribution in [0.3, 0.4) is 0 Å². The van der Waals surface area contributed by atoms with Gasteiger partial charge in [0, 0.05) is 0 Å². The molecule has 0 radical (unpaired) electrons. The van der Waals surface area contributed by atoms with Gasteiger partial charge < -0.3 is 0 Å². The molecule has 0 aliphatic heterocycles. The summed E-state index contributed by atoms with van der Waals surface area (Å²) in [5, 5.41) is 0. The fourth-order valence-electron chi connectivity index (χ4n) is 2.01. The van der Waals surface area contributed by atoms with Crippen LogP contribution in [0.5, 0.6) is 5.75 Å². The zero-order chi connectivity index (χ0) is 13.6. The minimum atomic E-state index is 0.350. The summed E-state index contributed by atoms with van der Waals surface area (Å²) in [7, 11) is 0. The second-order valence-electron chi connectivity index (χ2n) is 4.78. The van der Waals surface area contributed by atoms with Gasteiger partial charge in [-0.15, -0.1) is 0 Å². The fraction of sp³-hybridized carbons (Fsp3) is 0.625. The normalized spacial score (nSPS) is 10.8. The summed E-state index contributed by atoms with van der Waals surface area (Å²) >= 11 is 3.93. The van der Waals surface area contributed by atoms with Gasteiger partial charge in [0.25, 0.3) is 0 Å². The Kier molecular flexibility index (Phi) is 12.0. The van der Waals surface area contributed by atoms with E-state index in [1.165, 1.54) is 55.8 Å². The molecule has 1 aromatic rings. The maximum atomic E-state index is 5.68. The molecule has 0 fully saturated rings. The molecule has 0 amide bonds. The van der Waals surface area contributed by atoms with Gasteiger partial charge in [-0.1, -0.05) is 18.2 Å². The molecule has 110 valence electrons. The molecule has 0 unspecified atom stereocenters. The molecular formula is C16H25BrIO-. The first-order valence-corrected chi connectivity index (χ1v) is 13.7. The second-order valence-corrected chi connectivity index (χ2v) is 9.28. The van der Waals surface area contributed by atoms with Gasteiger partial charge in [-0.25, -0.2) is 0 Å². The van der Waals surface area contributed by atoms with Crippen molar-refractivity contribution in [3.05, 3.63) is 30.3 Å². The number of hydrogen-bond acceptors (Lipinski definition) is 1. The van der Waals surface area contributed by atoms with Gasteiger partial charge in [0.15, 0.2) is 0 Å². The van der Waals surface area contributed by atoms with Crippen LogP contribution in [0.1, 0.15) is 51.4 Å². The number of ether oxygens (including phenoxy) is 1. The van der Waals surface area contributed by atoms with Crippen molar-refractivity contribution in [2.45, 2.75) is 51.4 Å². The van der Waals surface area contributed by atoms with Gasteiger partial charge in [-0.3, -0.25) is 0 Å². The quantitative estimate of drug-likeness (QED) is 0.276. The Morgan fingerprint density at radius 3 is 2.00 bits per heavy atom. The standard InChI is InChI=1S/C16H25BrIO/c17-18-14-10-5-3-1-2-4-6-11-15-19-16-12-8-7-9-13-16/h7-9,12-13H,1-6,10-11,14-15H2/q-1. The van der Waals surface area contributed by atoms with Gasteiger partial charge in [-0.05, 0) is 12.1 Å². The maximum absolute atomic E-state index is 5.68. The summed E-state index contributed by atoms with van der Waals surface area (Å²) in [6.45, 7) is 0.860. The molecule has 3 heteroatoms. The Balaban J connectivity index is 1.79. The van der Waals surface area contributed by atoms with Crippen LogP contribution >= 0.6 is 12.7 Å². The summed E-state index contributed by atoms with van der Waals surface area (Å²) in [6.07, 6.45) is 11.0. The second kappa shape index (κ2) is 13.2. The molecule has 19 heavy (non-hydrogen) atoms. The number of hydrogen-bond donors (Lipinski definition) is 0. The van der Waals surface area contributed by atoms with Crippen molar-refractivity contribution in [1.82, 2.24) is 0 Å². The summed E-state index contributed by atoms with van der Waals surface area (Å²) in [6, 6.07) is 10.1. The Hall–Kier alpha value is 0.230. The van der Waals surface area contributed by atoms with Crippen molar-refractivity contribution in [3.63, 3.8) is 0 Å². The average molecular weight is 440 g/mol. The van der Waals surface area contributed by atoms with Crippen LogP contribution < -0.4 is 23.7 Å². The third-order valence-corrected chi connectivity index (χ3v) is 6.29. The summed E-state index contributed by atoms with van der Waals surface area (Å²) in [5.41, 5.74) is 0. The van der Waals surface area contributed by atoms with Crippen LogP contribution in [0.15, 0.2) is 30.3 Å². The predicted molar refractivity (Wildman–Crippen MR) is 82.7 cm³/mol. The first-order chi connectivity index (χ1) is 9.43. The van der Waals surface area contributed by atoms with Crippen molar-refractivity contribution in [1.29, 1.82) is 0 Å². The van der Waals surface area contributed by atoms with E-state index < -0.39 is 0 Å². The number of para-hydroxylation sites is 1. The van der Waals surface area contributed by atoms with E-state index in [1.807, 2.05) is 30.3 Å². The molecule has 0 saturated heterocycles. The van der Waals surface area contributed by atoms with E-state index in [-0.39, 0.29) is 0 Å². The SMILES string of the molecule is Br[I-]CCCCCCCCCCOc1ccccc1. The smallest absolute Gasteiger partial charge is 0.0620 e. The Labute approximate surface area is 134 Å². The van der Waals surface area contributed by atoms with Crippen LogP contribution in [0.2, 0.25) is 0 Å². The van der Waals surface area contributed by atoms with Crippen LogP contribution in [0.4, 0.5) is 0 Å². The third kappa shape index (κ3) is 10.7. The minimum Gasteiger partial charge on any atom is -0.0620 e. The van der Waals surface area contributed by atoms with Crippen LogP contribution in [-0.4, -0.2) is 11.0 Å². The number of alkyl halides is 1. The molecule has 0 aromatic heterocycles. The zero-order valence-electron chi connectivity index (χ0n) is 11.6. The number of benzene rings is 1. The fourth-order valence-corrected chi connectivity index (χ4v) is 4.26. The molecule has 0 aliphatic rings. The van der Waals surface area contributed by atoms with Crippen LogP contribution in [0.25, 0.3) is 0 Å². The average Bonchev–Trinajstić information content (AvgIpc) is 2.46. The van der Waals surface area contributed by atoms with E-state index in [1.54, 1.807) is 0 Å². The predicted octanol–water partition coefficient (Wildman–Crippen LogP) is 2.59. The van der Waals surface area contributed by atoms with Crippen molar-refractivity contribution in [3.8, 4) is 5.75 Å². The summed E-state index contributed by atoms with van der Waals surface area (Å²) < 4.78 is 7.12. The van der Waals surface area contributed by atoms with Crippen molar-refractivity contribution < 1.29 is 23.7 Å². The first-order valence-electron chi connectivity index (χ1n) is 7.31. The van der Waals surface area contributed by atoms with Crippen LogP contribution in [0, 0.1) is 0 Å². The number of rotatable bonds is 12. The van der Waals surface area contributed by atoms with Crippen LogP contribution in [-0.2, 0) is 0 Å². The Morgan fingerprint density at radius 2 is 1.37 bits per heavy atom. The van der Waals surface area contributed by atoms with Gasteiger partial charge in [0.2, 0.25) is 0 Å². The van der Waals surface area contributed by atoms with Crippen molar-refractivity contribution >= 4 is 12.7 Å². The molecule has 0 saturated carbocycles. The van der Waals surface area contributed by atoms with Gasteiger partial charge >= 0.3 is 105 Å². The molecular weight excluding hydrogens is 415 g/mol. The number of unbranched alkanes of at least 4 members (excludes halogenated alkanes) is 7. The topological polar surface area (TPSA) is 9.23 Å². The van der Waals surface area contributed by atoms with Gasteiger partial charge in [0.05, 0.1) is 0 Å². The van der Waals surface area contributed by atoms with E-state index in [9.17, 15) is 0 Å². The summed E-state index contributed by atoms with van der Waals surface area (Å²) in [4.78, 5) is 0. The molecule has 1 aromatic carbocycles. The molecule has 0 spiro atoms. The van der Waals surface area contributed by atoms with E-state index in [0.717, 1.165) is 12.4 Å². The van der Waals surface area contributed by atoms with Gasteiger partial charge in [-0.2, -0.15) is 0 Å². The van der Waals surface area contributed by atoms with Gasteiger partial charge in [0.1, 0.15) is 0 Å². The summed E-state index contributed by atoms with van der Waals surface area (Å²) in [5.74, 6) is 0.997. The minimum absolute atomic E-state index is 0.350. The Morgan fingerprint density at radius 1 is 0.789 bits per heavy atom. The molecule has 0 bridgehead atoms. The molecule has 0 heterocycles.